The number of carbonyl (C=O) groups excluding carboxylic acids is 1. The van der Waals surface area contributed by atoms with Crippen molar-refractivity contribution < 1.29 is 4.79 Å². The van der Waals surface area contributed by atoms with Crippen LogP contribution in [0.4, 0.5) is 0 Å². The fraction of sp³-hybridized carbons (Fsp3) is 0.125. The standard InChI is InChI=1S/C16H12Cl3N3O/c17-16(18,19)15(21-14(23)11-6-2-1-3-7-11)22-10-20-12-8-4-5-9-13(12)22/h1-10,15H,(H,21,23)/t15-/m0/s1. The summed E-state index contributed by atoms with van der Waals surface area (Å²) < 4.78 is -0.100. The Bertz CT molecular complexity index is 827. The molecular formula is C16H12Cl3N3O. The zero-order valence-corrected chi connectivity index (χ0v) is 14.1. The Morgan fingerprint density at radius 3 is 2.39 bits per heavy atom. The topological polar surface area (TPSA) is 46.9 Å². The number of hydrogen-bond acceptors (Lipinski definition) is 2. The smallest absolute Gasteiger partial charge is 0.253 e. The maximum absolute atomic E-state index is 12.4. The van der Waals surface area contributed by atoms with Gasteiger partial charge in [-0.1, -0.05) is 65.1 Å². The molecular weight excluding hydrogens is 357 g/mol. The highest BCUT2D eigenvalue weighted by atomic mass is 35.6. The second kappa shape index (κ2) is 6.40. The van der Waals surface area contributed by atoms with Crippen LogP contribution in [0.5, 0.6) is 0 Å². The van der Waals surface area contributed by atoms with E-state index >= 15 is 0 Å². The van der Waals surface area contributed by atoms with Crippen LogP contribution in [0.1, 0.15) is 16.5 Å². The molecule has 2 aromatic carbocycles. The normalized spacial score (nSPS) is 13.0. The van der Waals surface area contributed by atoms with Gasteiger partial charge in [0.15, 0.2) is 6.17 Å². The molecule has 0 saturated carbocycles. The summed E-state index contributed by atoms with van der Waals surface area (Å²) in [7, 11) is 0. The Hall–Kier alpha value is -1.75. The number of aromatic nitrogens is 2. The van der Waals surface area contributed by atoms with Crippen LogP contribution in [0.25, 0.3) is 11.0 Å². The summed E-state index contributed by atoms with van der Waals surface area (Å²) in [5.41, 5.74) is 1.99. The summed E-state index contributed by atoms with van der Waals surface area (Å²) in [5, 5.41) is 2.76. The first-order valence-corrected chi connectivity index (χ1v) is 7.94. The molecule has 0 radical (unpaired) electrons. The number of carbonyl (C=O) groups is 1. The lowest BCUT2D eigenvalue weighted by Crippen LogP contribution is -2.40. The van der Waals surface area contributed by atoms with Crippen LogP contribution in [-0.4, -0.2) is 19.3 Å². The molecule has 0 bridgehead atoms. The van der Waals surface area contributed by atoms with Crippen molar-refractivity contribution >= 4 is 51.7 Å². The number of halogens is 3. The molecule has 1 atom stereocenters. The van der Waals surface area contributed by atoms with Gasteiger partial charge in [-0.2, -0.15) is 0 Å². The van der Waals surface area contributed by atoms with Gasteiger partial charge in [-0.25, -0.2) is 4.98 Å². The summed E-state index contributed by atoms with van der Waals surface area (Å²) in [4.78, 5) is 16.7. The fourth-order valence-electron chi connectivity index (χ4n) is 2.29. The number of benzene rings is 2. The first-order chi connectivity index (χ1) is 11.0. The number of hydrogen-bond donors (Lipinski definition) is 1. The molecule has 23 heavy (non-hydrogen) atoms. The molecule has 1 N–H and O–H groups in total. The monoisotopic (exact) mass is 367 g/mol. The maximum atomic E-state index is 12.4. The van der Waals surface area contributed by atoms with E-state index in [1.54, 1.807) is 35.2 Å². The highest BCUT2D eigenvalue weighted by Gasteiger charge is 2.36. The molecule has 0 saturated heterocycles. The number of fused-ring (bicyclic) bond motifs is 1. The van der Waals surface area contributed by atoms with Crippen molar-refractivity contribution in [3.05, 3.63) is 66.5 Å². The first kappa shape index (κ1) is 16.1. The lowest BCUT2D eigenvalue weighted by Gasteiger charge is -2.27. The summed E-state index contributed by atoms with van der Waals surface area (Å²) >= 11 is 18.3. The van der Waals surface area contributed by atoms with Crippen molar-refractivity contribution in [2.75, 3.05) is 0 Å². The number of amides is 1. The minimum atomic E-state index is -1.74. The third kappa shape index (κ3) is 3.44. The number of imidazole rings is 1. The van der Waals surface area contributed by atoms with Crippen molar-refractivity contribution in [2.45, 2.75) is 9.96 Å². The summed E-state index contributed by atoms with van der Waals surface area (Å²) in [6.45, 7) is 0. The maximum Gasteiger partial charge on any atom is 0.253 e. The lowest BCUT2D eigenvalue weighted by molar-refractivity contribution is 0.0922. The van der Waals surface area contributed by atoms with Gasteiger partial charge >= 0.3 is 0 Å². The van der Waals surface area contributed by atoms with Crippen LogP contribution < -0.4 is 5.32 Å². The summed E-state index contributed by atoms with van der Waals surface area (Å²) in [6.07, 6.45) is 0.648. The molecule has 0 aliphatic heterocycles. The van der Waals surface area contributed by atoms with Gasteiger partial charge < -0.3 is 9.88 Å². The van der Waals surface area contributed by atoms with E-state index in [0.717, 1.165) is 11.0 Å². The number of para-hydroxylation sites is 2. The van der Waals surface area contributed by atoms with Crippen molar-refractivity contribution in [2.24, 2.45) is 0 Å². The SMILES string of the molecule is O=C(N[C@@H](n1cnc2ccccc21)C(Cl)(Cl)Cl)c1ccccc1. The molecule has 3 aromatic rings. The van der Waals surface area contributed by atoms with Gasteiger partial charge in [0, 0.05) is 5.56 Å². The highest BCUT2D eigenvalue weighted by molar-refractivity contribution is 6.68. The van der Waals surface area contributed by atoms with E-state index in [4.69, 9.17) is 34.8 Å². The highest BCUT2D eigenvalue weighted by Crippen LogP contribution is 2.38. The average Bonchev–Trinajstić information content (AvgIpc) is 2.96. The van der Waals surface area contributed by atoms with Crippen LogP contribution in [0.3, 0.4) is 0 Å². The number of alkyl halides is 3. The number of nitrogens with zero attached hydrogens (tertiary/aromatic N) is 2. The van der Waals surface area contributed by atoms with E-state index in [9.17, 15) is 4.79 Å². The van der Waals surface area contributed by atoms with Crippen LogP contribution in [0.2, 0.25) is 0 Å². The largest absolute Gasteiger partial charge is 0.328 e. The van der Waals surface area contributed by atoms with Crippen LogP contribution in [0.15, 0.2) is 60.9 Å². The van der Waals surface area contributed by atoms with Gasteiger partial charge in [0.05, 0.1) is 17.4 Å². The molecule has 0 spiro atoms. The Morgan fingerprint density at radius 1 is 1.04 bits per heavy atom. The third-order valence-electron chi connectivity index (χ3n) is 3.37. The lowest BCUT2D eigenvalue weighted by atomic mass is 10.2. The molecule has 1 aromatic heterocycles. The van der Waals surface area contributed by atoms with E-state index in [-0.39, 0.29) is 5.91 Å². The molecule has 0 fully saturated rings. The van der Waals surface area contributed by atoms with Gasteiger partial charge in [-0.15, -0.1) is 0 Å². The Morgan fingerprint density at radius 2 is 1.70 bits per heavy atom. The van der Waals surface area contributed by atoms with E-state index in [1.165, 1.54) is 0 Å². The third-order valence-corrected chi connectivity index (χ3v) is 3.99. The van der Waals surface area contributed by atoms with Crippen molar-refractivity contribution in [3.63, 3.8) is 0 Å². The molecule has 118 valence electrons. The number of nitrogens with one attached hydrogen (secondary N) is 1. The second-order valence-corrected chi connectivity index (χ2v) is 7.29. The fourth-order valence-corrected chi connectivity index (χ4v) is 2.77. The number of rotatable bonds is 3. The summed E-state index contributed by atoms with van der Waals surface area (Å²) in [6, 6.07) is 16.2. The molecule has 0 unspecified atom stereocenters. The van der Waals surface area contributed by atoms with E-state index in [2.05, 4.69) is 10.3 Å². The molecule has 1 amide bonds. The van der Waals surface area contributed by atoms with E-state index < -0.39 is 9.96 Å². The molecule has 0 aliphatic rings. The minimum absolute atomic E-state index is 0.334. The zero-order chi connectivity index (χ0) is 16.4. The van der Waals surface area contributed by atoms with Crippen molar-refractivity contribution in [3.8, 4) is 0 Å². The van der Waals surface area contributed by atoms with Crippen molar-refractivity contribution in [1.29, 1.82) is 0 Å². The zero-order valence-electron chi connectivity index (χ0n) is 11.8. The van der Waals surface area contributed by atoms with Crippen LogP contribution in [0, 0.1) is 0 Å². The second-order valence-electron chi connectivity index (χ2n) is 4.92. The van der Waals surface area contributed by atoms with E-state index in [1.807, 2.05) is 30.3 Å². The first-order valence-electron chi connectivity index (χ1n) is 6.81. The van der Waals surface area contributed by atoms with Gasteiger partial charge in [-0.3, -0.25) is 4.79 Å². The molecule has 1 heterocycles. The van der Waals surface area contributed by atoms with Crippen LogP contribution in [-0.2, 0) is 0 Å². The van der Waals surface area contributed by atoms with Crippen molar-refractivity contribution in [1.82, 2.24) is 14.9 Å². The Kier molecular flexibility index (Phi) is 4.48. The van der Waals surface area contributed by atoms with Gasteiger partial charge in [0.2, 0.25) is 3.79 Å². The van der Waals surface area contributed by atoms with Crippen LogP contribution >= 0.6 is 34.8 Å². The Labute approximate surface area is 148 Å². The quantitative estimate of drug-likeness (QED) is 0.699. The Balaban J connectivity index is 1.98. The molecule has 4 nitrogen and oxygen atoms in total. The molecule has 3 rings (SSSR count). The minimum Gasteiger partial charge on any atom is -0.328 e. The van der Waals surface area contributed by atoms with Gasteiger partial charge in [0.1, 0.15) is 0 Å². The average molecular weight is 369 g/mol. The van der Waals surface area contributed by atoms with E-state index in [0.29, 0.717) is 5.56 Å². The molecule has 7 heteroatoms. The predicted molar refractivity (Wildman–Crippen MR) is 93.0 cm³/mol. The molecule has 0 aliphatic carbocycles. The summed E-state index contributed by atoms with van der Waals surface area (Å²) in [5.74, 6) is -0.334. The predicted octanol–water partition coefficient (Wildman–Crippen LogP) is 4.34. The van der Waals surface area contributed by atoms with Gasteiger partial charge in [-0.05, 0) is 24.3 Å². The van der Waals surface area contributed by atoms with Gasteiger partial charge in [0.25, 0.3) is 5.91 Å².